The van der Waals surface area contributed by atoms with Crippen molar-refractivity contribution in [1.82, 2.24) is 15.2 Å². The normalized spacial score (nSPS) is 10.5. The number of aryl methyl sites for hydroxylation is 3. The highest BCUT2D eigenvalue weighted by atomic mass is 35.5. The summed E-state index contributed by atoms with van der Waals surface area (Å²) in [5.41, 5.74) is 5.26. The monoisotopic (exact) mass is 339 g/mol. The second-order valence-corrected chi connectivity index (χ2v) is 6.09. The van der Waals surface area contributed by atoms with Crippen molar-refractivity contribution in [3.8, 4) is 0 Å². The van der Waals surface area contributed by atoms with Gasteiger partial charge < -0.3 is 10.6 Å². The van der Waals surface area contributed by atoms with Crippen LogP contribution in [0.5, 0.6) is 0 Å². The molecule has 0 fully saturated rings. The van der Waals surface area contributed by atoms with E-state index >= 15 is 0 Å². The van der Waals surface area contributed by atoms with Gasteiger partial charge in [-0.25, -0.2) is 0 Å². The zero-order chi connectivity index (χ0) is 17.1. The van der Waals surface area contributed by atoms with Crippen molar-refractivity contribution in [2.45, 2.75) is 20.8 Å². The minimum Gasteiger partial charge on any atom is -0.339 e. The van der Waals surface area contributed by atoms with E-state index in [2.05, 4.69) is 51.8 Å². The lowest BCUT2D eigenvalue weighted by Crippen LogP contribution is -2.02. The molecule has 0 saturated carbocycles. The van der Waals surface area contributed by atoms with Gasteiger partial charge in [-0.05, 0) is 61.7 Å². The first-order valence-electron chi connectivity index (χ1n) is 7.58. The van der Waals surface area contributed by atoms with Crippen LogP contribution >= 0.6 is 11.6 Å². The Morgan fingerprint density at radius 2 is 1.54 bits per heavy atom. The van der Waals surface area contributed by atoms with Gasteiger partial charge in [0.1, 0.15) is 0 Å². The standard InChI is InChI=1S/C18H18ClN5/c1-11-4-6-14(8-13(11)3)21-17-10-20-24-18(23-17)22-15-7-5-12(2)16(19)9-15/h4-10H,1-3H3,(H2,21,22,23,24). The lowest BCUT2D eigenvalue weighted by Gasteiger charge is -2.09. The summed E-state index contributed by atoms with van der Waals surface area (Å²) in [5, 5.41) is 15.0. The fourth-order valence-electron chi connectivity index (χ4n) is 2.18. The number of halogens is 1. The molecule has 0 amide bonds. The molecule has 5 nitrogen and oxygen atoms in total. The topological polar surface area (TPSA) is 62.7 Å². The highest BCUT2D eigenvalue weighted by Crippen LogP contribution is 2.23. The summed E-state index contributed by atoms with van der Waals surface area (Å²) >= 11 is 6.14. The van der Waals surface area contributed by atoms with Crippen LogP contribution in [0.25, 0.3) is 0 Å². The zero-order valence-corrected chi connectivity index (χ0v) is 14.5. The van der Waals surface area contributed by atoms with Crippen molar-refractivity contribution in [3.05, 3.63) is 64.3 Å². The Hall–Kier alpha value is -2.66. The van der Waals surface area contributed by atoms with Crippen LogP contribution in [0.2, 0.25) is 5.02 Å². The molecule has 0 unspecified atom stereocenters. The van der Waals surface area contributed by atoms with Crippen LogP contribution in [0.1, 0.15) is 16.7 Å². The van der Waals surface area contributed by atoms with Crippen LogP contribution in [-0.4, -0.2) is 15.2 Å². The molecule has 0 radical (unpaired) electrons. The van der Waals surface area contributed by atoms with Crippen LogP contribution in [0.15, 0.2) is 42.6 Å². The van der Waals surface area contributed by atoms with Gasteiger partial charge in [-0.2, -0.15) is 10.1 Å². The summed E-state index contributed by atoms with van der Waals surface area (Å²) in [6.07, 6.45) is 1.59. The van der Waals surface area contributed by atoms with E-state index in [9.17, 15) is 0 Å². The van der Waals surface area contributed by atoms with Gasteiger partial charge in [-0.3, -0.25) is 0 Å². The highest BCUT2D eigenvalue weighted by Gasteiger charge is 2.04. The van der Waals surface area contributed by atoms with E-state index in [1.54, 1.807) is 6.20 Å². The summed E-state index contributed by atoms with van der Waals surface area (Å²) in [7, 11) is 0. The maximum Gasteiger partial charge on any atom is 0.249 e. The fraction of sp³-hybridized carbons (Fsp3) is 0.167. The predicted molar refractivity (Wildman–Crippen MR) is 98.5 cm³/mol. The van der Waals surface area contributed by atoms with E-state index in [1.807, 2.05) is 31.2 Å². The van der Waals surface area contributed by atoms with Gasteiger partial charge in [-0.1, -0.05) is 23.7 Å². The molecule has 2 aromatic carbocycles. The molecule has 0 aliphatic rings. The summed E-state index contributed by atoms with van der Waals surface area (Å²) < 4.78 is 0. The average molecular weight is 340 g/mol. The molecule has 24 heavy (non-hydrogen) atoms. The molecule has 0 aliphatic heterocycles. The molecule has 0 saturated heterocycles. The summed E-state index contributed by atoms with van der Waals surface area (Å²) in [5.74, 6) is 1.03. The van der Waals surface area contributed by atoms with Gasteiger partial charge in [0.15, 0.2) is 5.82 Å². The summed E-state index contributed by atoms with van der Waals surface area (Å²) in [4.78, 5) is 4.43. The molecule has 2 N–H and O–H groups in total. The number of nitrogens with zero attached hydrogens (tertiary/aromatic N) is 3. The number of hydrogen-bond donors (Lipinski definition) is 2. The molecule has 3 rings (SSSR count). The van der Waals surface area contributed by atoms with E-state index in [4.69, 9.17) is 11.6 Å². The zero-order valence-electron chi connectivity index (χ0n) is 13.8. The second-order valence-electron chi connectivity index (χ2n) is 5.68. The fourth-order valence-corrected chi connectivity index (χ4v) is 2.36. The number of aromatic nitrogens is 3. The van der Waals surface area contributed by atoms with Crippen molar-refractivity contribution in [2.75, 3.05) is 10.6 Å². The lowest BCUT2D eigenvalue weighted by atomic mass is 10.1. The van der Waals surface area contributed by atoms with E-state index in [0.717, 1.165) is 16.9 Å². The van der Waals surface area contributed by atoms with E-state index in [0.29, 0.717) is 16.8 Å². The number of anilines is 4. The molecule has 0 aliphatic carbocycles. The highest BCUT2D eigenvalue weighted by molar-refractivity contribution is 6.31. The van der Waals surface area contributed by atoms with Crippen molar-refractivity contribution in [3.63, 3.8) is 0 Å². The molecule has 1 aromatic heterocycles. The van der Waals surface area contributed by atoms with Gasteiger partial charge in [-0.15, -0.1) is 5.10 Å². The molecule has 6 heteroatoms. The molecular weight excluding hydrogens is 322 g/mol. The van der Waals surface area contributed by atoms with Crippen LogP contribution in [0.3, 0.4) is 0 Å². The van der Waals surface area contributed by atoms with E-state index < -0.39 is 0 Å². The Morgan fingerprint density at radius 1 is 0.833 bits per heavy atom. The minimum absolute atomic E-state index is 0.406. The minimum atomic E-state index is 0.406. The first-order valence-corrected chi connectivity index (χ1v) is 7.96. The Balaban J connectivity index is 1.78. The van der Waals surface area contributed by atoms with E-state index in [-0.39, 0.29) is 0 Å². The Bertz CT molecular complexity index is 810. The maximum absolute atomic E-state index is 6.14. The van der Waals surface area contributed by atoms with Crippen molar-refractivity contribution < 1.29 is 0 Å². The first kappa shape index (κ1) is 16.2. The second kappa shape index (κ2) is 6.84. The number of rotatable bonds is 4. The molecule has 0 bridgehead atoms. The van der Waals surface area contributed by atoms with Crippen LogP contribution in [0, 0.1) is 20.8 Å². The number of benzene rings is 2. The van der Waals surface area contributed by atoms with Gasteiger partial charge in [0.25, 0.3) is 0 Å². The summed E-state index contributed by atoms with van der Waals surface area (Å²) in [6.45, 7) is 6.12. The Labute approximate surface area is 146 Å². The molecule has 1 heterocycles. The SMILES string of the molecule is Cc1ccc(Nc2cnnc(Nc3ccc(C)c(Cl)c3)n2)cc1C. The van der Waals surface area contributed by atoms with E-state index in [1.165, 1.54) is 11.1 Å². The Kier molecular flexibility index (Phi) is 4.62. The molecule has 0 atom stereocenters. The van der Waals surface area contributed by atoms with Crippen LogP contribution in [0.4, 0.5) is 23.1 Å². The van der Waals surface area contributed by atoms with Crippen molar-refractivity contribution in [2.24, 2.45) is 0 Å². The Morgan fingerprint density at radius 3 is 2.25 bits per heavy atom. The molecule has 3 aromatic rings. The van der Waals surface area contributed by atoms with Gasteiger partial charge in [0.2, 0.25) is 5.95 Å². The van der Waals surface area contributed by atoms with Gasteiger partial charge in [0.05, 0.1) is 6.20 Å². The van der Waals surface area contributed by atoms with Crippen molar-refractivity contribution >= 4 is 34.7 Å². The average Bonchev–Trinajstić information content (AvgIpc) is 2.55. The predicted octanol–water partition coefficient (Wildman–Crippen LogP) is 4.94. The van der Waals surface area contributed by atoms with Crippen LogP contribution in [-0.2, 0) is 0 Å². The third-order valence-electron chi connectivity index (χ3n) is 3.77. The van der Waals surface area contributed by atoms with Crippen molar-refractivity contribution in [1.29, 1.82) is 0 Å². The van der Waals surface area contributed by atoms with Crippen LogP contribution < -0.4 is 10.6 Å². The molecule has 0 spiro atoms. The molecule has 122 valence electrons. The molecular formula is C18H18ClN5. The quantitative estimate of drug-likeness (QED) is 0.705. The maximum atomic E-state index is 6.14. The third kappa shape index (κ3) is 3.81. The number of hydrogen-bond acceptors (Lipinski definition) is 5. The smallest absolute Gasteiger partial charge is 0.249 e. The van der Waals surface area contributed by atoms with Gasteiger partial charge >= 0.3 is 0 Å². The first-order chi connectivity index (χ1) is 11.5. The third-order valence-corrected chi connectivity index (χ3v) is 4.17. The number of nitrogens with one attached hydrogen (secondary N) is 2. The summed E-state index contributed by atoms with van der Waals surface area (Å²) in [6, 6.07) is 11.9. The van der Waals surface area contributed by atoms with Gasteiger partial charge in [0, 0.05) is 16.4 Å². The largest absolute Gasteiger partial charge is 0.339 e. The lowest BCUT2D eigenvalue weighted by molar-refractivity contribution is 0.982.